The summed E-state index contributed by atoms with van der Waals surface area (Å²) in [7, 11) is 0. The quantitative estimate of drug-likeness (QED) is 0.785. The second-order valence-electron chi connectivity index (χ2n) is 3.89. The van der Waals surface area contributed by atoms with Gasteiger partial charge in [-0.25, -0.2) is 0 Å². The molecule has 4 heteroatoms. The van der Waals surface area contributed by atoms with Crippen LogP contribution in [0.1, 0.15) is 31.6 Å². The van der Waals surface area contributed by atoms with Gasteiger partial charge >= 0.3 is 0 Å². The zero-order valence-corrected chi connectivity index (χ0v) is 8.82. The molecule has 1 aliphatic heterocycles. The summed E-state index contributed by atoms with van der Waals surface area (Å²) in [5, 5.41) is 6.09. The van der Waals surface area contributed by atoms with Gasteiger partial charge in [0.15, 0.2) is 0 Å². The molecule has 15 heavy (non-hydrogen) atoms. The fourth-order valence-electron chi connectivity index (χ4n) is 1.83. The first kappa shape index (κ1) is 10.2. The number of nitrogens with one attached hydrogen (secondary N) is 2. The van der Waals surface area contributed by atoms with E-state index in [4.69, 9.17) is 4.42 Å². The highest BCUT2D eigenvalue weighted by atomic mass is 16.3. The lowest BCUT2D eigenvalue weighted by molar-refractivity contribution is -0.123. The Labute approximate surface area is 89.0 Å². The molecule has 4 nitrogen and oxygen atoms in total. The third-order valence-electron chi connectivity index (χ3n) is 2.71. The molecule has 0 radical (unpaired) electrons. The van der Waals surface area contributed by atoms with Gasteiger partial charge < -0.3 is 15.1 Å². The van der Waals surface area contributed by atoms with Crippen LogP contribution in [0.25, 0.3) is 0 Å². The van der Waals surface area contributed by atoms with Crippen LogP contribution in [-0.2, 0) is 4.79 Å². The lowest BCUT2D eigenvalue weighted by Crippen LogP contribution is -2.41. The summed E-state index contributed by atoms with van der Waals surface area (Å²) in [6.07, 6.45) is 3.62. The summed E-state index contributed by atoms with van der Waals surface area (Å²) >= 11 is 0. The normalized spacial score (nSPS) is 22.6. The molecule has 1 aromatic rings. The van der Waals surface area contributed by atoms with Gasteiger partial charge in [-0.15, -0.1) is 0 Å². The number of carbonyl (C=O) groups is 1. The highest BCUT2D eigenvalue weighted by molar-refractivity contribution is 5.82. The van der Waals surface area contributed by atoms with Gasteiger partial charge in [0.2, 0.25) is 5.91 Å². The van der Waals surface area contributed by atoms with E-state index in [-0.39, 0.29) is 18.0 Å². The molecule has 2 N–H and O–H groups in total. The highest BCUT2D eigenvalue weighted by Gasteiger charge is 2.23. The minimum absolute atomic E-state index is 0.0255. The Balaban J connectivity index is 1.88. The molecule has 1 aromatic heterocycles. The van der Waals surface area contributed by atoms with Crippen LogP contribution in [0.3, 0.4) is 0 Å². The molecule has 1 unspecified atom stereocenters. The Hall–Kier alpha value is -1.29. The van der Waals surface area contributed by atoms with Crippen molar-refractivity contribution >= 4 is 5.91 Å². The third kappa shape index (κ3) is 2.39. The molecule has 0 spiro atoms. The standard InChI is InChI=1S/C11H16N2O2/c1-8(10-5-3-7-15-10)13-11(14)9-4-2-6-12-9/h3,5,7-9,12H,2,4,6H2,1H3,(H,13,14)/t8?,9-/m1/s1. The first-order chi connectivity index (χ1) is 7.27. The maximum absolute atomic E-state index is 11.7. The van der Waals surface area contributed by atoms with Gasteiger partial charge in [-0.3, -0.25) is 4.79 Å². The fraction of sp³-hybridized carbons (Fsp3) is 0.545. The predicted octanol–water partition coefficient (Wildman–Crippen LogP) is 1.21. The third-order valence-corrected chi connectivity index (χ3v) is 2.71. The molecule has 0 bridgehead atoms. The summed E-state index contributed by atoms with van der Waals surface area (Å²) in [5.41, 5.74) is 0. The van der Waals surface area contributed by atoms with E-state index in [1.807, 2.05) is 19.1 Å². The Kier molecular flexibility index (Phi) is 3.06. The zero-order chi connectivity index (χ0) is 10.7. The smallest absolute Gasteiger partial charge is 0.237 e. The average Bonchev–Trinajstić information content (AvgIpc) is 2.91. The number of carbonyl (C=O) groups excluding carboxylic acids is 1. The molecular formula is C11H16N2O2. The average molecular weight is 208 g/mol. The first-order valence-electron chi connectivity index (χ1n) is 5.34. The largest absolute Gasteiger partial charge is 0.467 e. The second kappa shape index (κ2) is 4.49. The minimum Gasteiger partial charge on any atom is -0.467 e. The lowest BCUT2D eigenvalue weighted by Gasteiger charge is -2.15. The Morgan fingerprint density at radius 3 is 3.20 bits per heavy atom. The van der Waals surface area contributed by atoms with E-state index in [1.54, 1.807) is 6.26 Å². The number of hydrogen-bond acceptors (Lipinski definition) is 3. The lowest BCUT2D eigenvalue weighted by atomic mass is 10.2. The maximum Gasteiger partial charge on any atom is 0.237 e. The molecule has 1 aliphatic rings. The first-order valence-corrected chi connectivity index (χ1v) is 5.34. The van der Waals surface area contributed by atoms with Crippen molar-refractivity contribution in [2.24, 2.45) is 0 Å². The molecule has 1 amide bonds. The van der Waals surface area contributed by atoms with Crippen molar-refractivity contribution < 1.29 is 9.21 Å². The molecule has 2 heterocycles. The van der Waals surface area contributed by atoms with E-state index in [0.29, 0.717) is 0 Å². The predicted molar refractivity (Wildman–Crippen MR) is 56.3 cm³/mol. The molecule has 82 valence electrons. The Bertz CT molecular complexity index is 315. The van der Waals surface area contributed by atoms with E-state index in [0.717, 1.165) is 25.1 Å². The van der Waals surface area contributed by atoms with Crippen LogP contribution >= 0.6 is 0 Å². The summed E-state index contributed by atoms with van der Waals surface area (Å²) in [5.74, 6) is 0.859. The van der Waals surface area contributed by atoms with Crippen LogP contribution in [0.2, 0.25) is 0 Å². The van der Waals surface area contributed by atoms with Crippen LogP contribution in [0, 0.1) is 0 Å². The van der Waals surface area contributed by atoms with E-state index >= 15 is 0 Å². The van der Waals surface area contributed by atoms with Gasteiger partial charge in [-0.2, -0.15) is 0 Å². The van der Waals surface area contributed by atoms with Crippen molar-refractivity contribution in [3.63, 3.8) is 0 Å². The molecule has 1 fully saturated rings. The summed E-state index contributed by atoms with van der Waals surface area (Å²) in [4.78, 5) is 11.7. The zero-order valence-electron chi connectivity index (χ0n) is 8.82. The van der Waals surface area contributed by atoms with Crippen LogP contribution in [-0.4, -0.2) is 18.5 Å². The SMILES string of the molecule is CC(NC(=O)[C@H]1CCCN1)c1ccco1. The van der Waals surface area contributed by atoms with Crippen LogP contribution in [0.5, 0.6) is 0 Å². The van der Waals surface area contributed by atoms with Gasteiger partial charge in [-0.1, -0.05) is 0 Å². The molecule has 2 atom stereocenters. The number of amides is 1. The van der Waals surface area contributed by atoms with Crippen LogP contribution in [0.15, 0.2) is 22.8 Å². The highest BCUT2D eigenvalue weighted by Crippen LogP contribution is 2.13. The van der Waals surface area contributed by atoms with Gasteiger partial charge in [-0.05, 0) is 38.4 Å². The van der Waals surface area contributed by atoms with Crippen LogP contribution in [0.4, 0.5) is 0 Å². The summed E-state index contributed by atoms with van der Waals surface area (Å²) in [6, 6.07) is 3.61. The molecule has 1 saturated heterocycles. The number of furan rings is 1. The number of rotatable bonds is 3. The van der Waals surface area contributed by atoms with Gasteiger partial charge in [0, 0.05) is 0 Å². The monoisotopic (exact) mass is 208 g/mol. The van der Waals surface area contributed by atoms with Gasteiger partial charge in [0.05, 0.1) is 18.3 Å². The van der Waals surface area contributed by atoms with Crippen molar-refractivity contribution in [3.05, 3.63) is 24.2 Å². The van der Waals surface area contributed by atoms with Crippen LogP contribution < -0.4 is 10.6 Å². The maximum atomic E-state index is 11.7. The van der Waals surface area contributed by atoms with E-state index in [9.17, 15) is 4.79 Å². The fourth-order valence-corrected chi connectivity index (χ4v) is 1.83. The molecule has 0 saturated carbocycles. The summed E-state index contributed by atoms with van der Waals surface area (Å²) < 4.78 is 5.22. The van der Waals surface area contributed by atoms with E-state index in [2.05, 4.69) is 10.6 Å². The molecule has 0 aromatic carbocycles. The Morgan fingerprint density at radius 1 is 1.73 bits per heavy atom. The van der Waals surface area contributed by atoms with Crippen molar-refractivity contribution in [2.45, 2.75) is 31.8 Å². The summed E-state index contributed by atoms with van der Waals surface area (Å²) in [6.45, 7) is 2.86. The van der Waals surface area contributed by atoms with E-state index in [1.165, 1.54) is 0 Å². The Morgan fingerprint density at radius 2 is 2.60 bits per heavy atom. The molecule has 0 aliphatic carbocycles. The van der Waals surface area contributed by atoms with Crippen molar-refractivity contribution in [2.75, 3.05) is 6.54 Å². The van der Waals surface area contributed by atoms with Gasteiger partial charge in [0.25, 0.3) is 0 Å². The topological polar surface area (TPSA) is 54.3 Å². The molecule has 2 rings (SSSR count). The van der Waals surface area contributed by atoms with Gasteiger partial charge in [0.1, 0.15) is 5.76 Å². The molecular weight excluding hydrogens is 192 g/mol. The van der Waals surface area contributed by atoms with Crippen molar-refractivity contribution in [1.29, 1.82) is 0 Å². The van der Waals surface area contributed by atoms with E-state index < -0.39 is 0 Å². The second-order valence-corrected chi connectivity index (χ2v) is 3.89. The minimum atomic E-state index is -0.0603. The van der Waals surface area contributed by atoms with Crippen molar-refractivity contribution in [1.82, 2.24) is 10.6 Å². The van der Waals surface area contributed by atoms with Crippen molar-refractivity contribution in [3.8, 4) is 0 Å². The number of hydrogen-bond donors (Lipinski definition) is 2.